The molecule has 1 amide bonds. The lowest BCUT2D eigenvalue weighted by atomic mass is 10.2. The third-order valence-corrected chi connectivity index (χ3v) is 2.25. The minimum absolute atomic E-state index is 0.410. The van der Waals surface area contributed by atoms with Gasteiger partial charge in [0.1, 0.15) is 5.92 Å². The van der Waals surface area contributed by atoms with Gasteiger partial charge in [0.25, 0.3) is 0 Å². The fraction of sp³-hybridized carbons (Fsp3) is 0.625. The van der Waals surface area contributed by atoms with Gasteiger partial charge in [-0.2, -0.15) is 0 Å². The summed E-state index contributed by atoms with van der Waals surface area (Å²) in [5, 5.41) is 2.98. The summed E-state index contributed by atoms with van der Waals surface area (Å²) in [6, 6.07) is 0. The fourth-order valence-electron chi connectivity index (χ4n) is 0.696. The number of carbonyl (C=O) groups excluding carboxylic acids is 2. The van der Waals surface area contributed by atoms with E-state index in [2.05, 4.69) is 15.0 Å². The average Bonchev–Trinajstić information content (AvgIpc) is 2.23. The van der Waals surface area contributed by atoms with E-state index in [4.69, 9.17) is 0 Å². The molecule has 0 aromatic carbocycles. The Balaban J connectivity index is 4.28. The Labute approximate surface area is 87.3 Å². The molecular weight excluding hydrogens is 204 g/mol. The van der Waals surface area contributed by atoms with Gasteiger partial charge >= 0.3 is 5.97 Å². The summed E-state index contributed by atoms with van der Waals surface area (Å²) >= 11 is 1.30. The highest BCUT2D eigenvalue weighted by atomic mass is 32.2. The van der Waals surface area contributed by atoms with E-state index in [0.29, 0.717) is 5.17 Å². The Morgan fingerprint density at radius 1 is 1.50 bits per heavy atom. The van der Waals surface area contributed by atoms with Crippen LogP contribution in [-0.2, 0) is 14.3 Å². The van der Waals surface area contributed by atoms with Gasteiger partial charge in [-0.1, -0.05) is 11.8 Å². The second-order valence-corrected chi connectivity index (χ2v) is 3.26. The zero-order valence-electron chi connectivity index (χ0n) is 8.66. The van der Waals surface area contributed by atoms with Crippen molar-refractivity contribution in [2.24, 2.45) is 10.9 Å². The summed E-state index contributed by atoms with van der Waals surface area (Å²) in [5.74, 6) is -1.78. The molecule has 0 bridgehead atoms. The molecule has 1 N–H and O–H groups in total. The van der Waals surface area contributed by atoms with Crippen LogP contribution in [0.25, 0.3) is 0 Å². The fourth-order valence-corrected chi connectivity index (χ4v) is 1.08. The molecular formula is C8H14N2O3S. The molecule has 0 aromatic heterocycles. The Bertz CT molecular complexity index is 253. The van der Waals surface area contributed by atoms with Gasteiger partial charge in [-0.15, -0.1) is 0 Å². The minimum Gasteiger partial charge on any atom is -0.468 e. The number of amides is 1. The number of aliphatic imine (C=N–C) groups is 1. The number of esters is 1. The predicted octanol–water partition coefficient (Wildman–Crippen LogP) is 0.260. The maximum Gasteiger partial charge on any atom is 0.317 e. The second kappa shape index (κ2) is 6.42. The van der Waals surface area contributed by atoms with Crippen LogP contribution in [0.3, 0.4) is 0 Å². The second-order valence-electron chi connectivity index (χ2n) is 2.47. The molecule has 0 aromatic rings. The quantitative estimate of drug-likeness (QED) is 0.312. The van der Waals surface area contributed by atoms with E-state index in [1.165, 1.54) is 25.8 Å². The monoisotopic (exact) mass is 218 g/mol. The number of nitrogens with one attached hydrogen (secondary N) is 1. The molecule has 1 unspecified atom stereocenters. The number of hydrogen-bond acceptors (Lipinski definition) is 5. The Hall–Kier alpha value is -1.04. The lowest BCUT2D eigenvalue weighted by Crippen LogP contribution is -2.36. The summed E-state index contributed by atoms with van der Waals surface area (Å²) in [7, 11) is 2.81. The zero-order chi connectivity index (χ0) is 11.1. The van der Waals surface area contributed by atoms with Crippen molar-refractivity contribution in [3.8, 4) is 0 Å². The first-order valence-corrected chi connectivity index (χ1v) is 5.18. The van der Waals surface area contributed by atoms with Crippen LogP contribution >= 0.6 is 11.8 Å². The summed E-state index contributed by atoms with van der Waals surface area (Å²) < 4.78 is 4.44. The molecule has 14 heavy (non-hydrogen) atoms. The van der Waals surface area contributed by atoms with Crippen molar-refractivity contribution in [1.29, 1.82) is 0 Å². The number of hydrogen-bond donors (Lipinski definition) is 1. The highest BCUT2D eigenvalue weighted by molar-refractivity contribution is 8.13. The SMILES string of the molecule is CN=C(NC(=O)C(C)C(=O)OC)SC. The lowest BCUT2D eigenvalue weighted by molar-refractivity contribution is -0.148. The van der Waals surface area contributed by atoms with E-state index >= 15 is 0 Å². The Morgan fingerprint density at radius 2 is 2.07 bits per heavy atom. The number of amidine groups is 1. The van der Waals surface area contributed by atoms with Crippen molar-refractivity contribution in [2.75, 3.05) is 20.4 Å². The standard InChI is InChI=1S/C8H14N2O3S/c1-5(7(12)13-3)6(11)10-8(9-2)14-4/h5H,1-4H3,(H,9,10,11). The van der Waals surface area contributed by atoms with Crippen LogP contribution in [0.15, 0.2) is 4.99 Å². The molecule has 5 nitrogen and oxygen atoms in total. The van der Waals surface area contributed by atoms with Gasteiger partial charge in [0.2, 0.25) is 5.91 Å². The van der Waals surface area contributed by atoms with Crippen LogP contribution in [0, 0.1) is 5.92 Å². The minimum atomic E-state index is -0.816. The Kier molecular flexibility index (Phi) is 5.94. The molecule has 0 spiro atoms. The van der Waals surface area contributed by atoms with Crippen LogP contribution in [0.5, 0.6) is 0 Å². The molecule has 0 saturated carbocycles. The summed E-state index contributed by atoms with van der Waals surface area (Å²) in [6.45, 7) is 1.48. The van der Waals surface area contributed by atoms with E-state index < -0.39 is 17.8 Å². The molecule has 0 aliphatic rings. The molecule has 0 saturated heterocycles. The van der Waals surface area contributed by atoms with E-state index in [-0.39, 0.29) is 0 Å². The van der Waals surface area contributed by atoms with Gasteiger partial charge in [-0.3, -0.25) is 14.6 Å². The summed E-state index contributed by atoms with van der Waals surface area (Å²) in [6.07, 6.45) is 1.78. The average molecular weight is 218 g/mol. The van der Waals surface area contributed by atoms with E-state index in [1.807, 2.05) is 0 Å². The normalized spacial score (nSPS) is 13.3. The molecule has 0 aliphatic carbocycles. The highest BCUT2D eigenvalue weighted by Crippen LogP contribution is 2.00. The first-order chi connectivity index (χ1) is 6.56. The number of methoxy groups -OCH3 is 1. The molecule has 0 fully saturated rings. The number of ether oxygens (including phenoxy) is 1. The molecule has 0 aliphatic heterocycles. The van der Waals surface area contributed by atoms with Crippen LogP contribution in [-0.4, -0.2) is 37.5 Å². The number of carbonyl (C=O) groups is 2. The van der Waals surface area contributed by atoms with Gasteiger partial charge in [-0.25, -0.2) is 0 Å². The van der Waals surface area contributed by atoms with E-state index in [1.54, 1.807) is 13.3 Å². The molecule has 0 heterocycles. The molecule has 6 heteroatoms. The number of nitrogens with zero attached hydrogens (tertiary/aromatic N) is 1. The largest absolute Gasteiger partial charge is 0.468 e. The van der Waals surface area contributed by atoms with Gasteiger partial charge in [0, 0.05) is 7.05 Å². The number of thioether (sulfide) groups is 1. The number of rotatable bonds is 2. The van der Waals surface area contributed by atoms with Crippen molar-refractivity contribution in [1.82, 2.24) is 5.32 Å². The van der Waals surface area contributed by atoms with Crippen molar-refractivity contribution in [3.05, 3.63) is 0 Å². The molecule has 1 atom stereocenters. The first kappa shape index (κ1) is 13.0. The molecule has 80 valence electrons. The van der Waals surface area contributed by atoms with E-state index in [0.717, 1.165) is 0 Å². The third-order valence-electron chi connectivity index (χ3n) is 1.57. The van der Waals surface area contributed by atoms with Crippen molar-refractivity contribution < 1.29 is 14.3 Å². The van der Waals surface area contributed by atoms with Crippen LogP contribution < -0.4 is 5.32 Å². The van der Waals surface area contributed by atoms with Gasteiger partial charge in [0.15, 0.2) is 5.17 Å². The smallest absolute Gasteiger partial charge is 0.317 e. The van der Waals surface area contributed by atoms with Gasteiger partial charge in [0.05, 0.1) is 7.11 Å². The molecule has 0 radical (unpaired) electrons. The summed E-state index contributed by atoms with van der Waals surface area (Å²) in [4.78, 5) is 26.2. The maximum absolute atomic E-state index is 11.4. The maximum atomic E-state index is 11.4. The summed E-state index contributed by atoms with van der Waals surface area (Å²) in [5.41, 5.74) is 0. The lowest BCUT2D eigenvalue weighted by Gasteiger charge is -2.09. The zero-order valence-corrected chi connectivity index (χ0v) is 9.47. The van der Waals surface area contributed by atoms with Crippen LogP contribution in [0.4, 0.5) is 0 Å². The predicted molar refractivity (Wildman–Crippen MR) is 56.2 cm³/mol. The van der Waals surface area contributed by atoms with Crippen molar-refractivity contribution in [2.45, 2.75) is 6.92 Å². The Morgan fingerprint density at radius 3 is 2.43 bits per heavy atom. The first-order valence-electron chi connectivity index (χ1n) is 3.96. The van der Waals surface area contributed by atoms with Gasteiger partial charge in [-0.05, 0) is 13.2 Å². The van der Waals surface area contributed by atoms with Crippen molar-refractivity contribution >= 4 is 28.8 Å². The van der Waals surface area contributed by atoms with Crippen LogP contribution in [0.2, 0.25) is 0 Å². The van der Waals surface area contributed by atoms with Crippen molar-refractivity contribution in [3.63, 3.8) is 0 Å². The highest BCUT2D eigenvalue weighted by Gasteiger charge is 2.22. The molecule has 0 rings (SSSR count). The van der Waals surface area contributed by atoms with E-state index in [9.17, 15) is 9.59 Å². The van der Waals surface area contributed by atoms with Crippen LogP contribution in [0.1, 0.15) is 6.92 Å². The van der Waals surface area contributed by atoms with Gasteiger partial charge < -0.3 is 10.1 Å². The topological polar surface area (TPSA) is 67.8 Å². The third kappa shape index (κ3) is 3.78.